The van der Waals surface area contributed by atoms with Crippen molar-refractivity contribution in [3.8, 4) is 0 Å². The maximum Gasteiger partial charge on any atom is 0.412 e. The van der Waals surface area contributed by atoms with Crippen LogP contribution in [0, 0.1) is 5.82 Å². The summed E-state index contributed by atoms with van der Waals surface area (Å²) in [5.41, 5.74) is 0.384. The summed E-state index contributed by atoms with van der Waals surface area (Å²) in [7, 11) is 1.44. The second-order valence-corrected chi connectivity index (χ2v) is 8.10. The van der Waals surface area contributed by atoms with Gasteiger partial charge in [0.05, 0.1) is 23.8 Å². The number of amides is 3. The number of aliphatic hydroxyl groups excluding tert-OH is 2. The Labute approximate surface area is 205 Å². The first-order valence-corrected chi connectivity index (χ1v) is 11.0. The normalized spacial score (nSPS) is 12.6. The number of urea groups is 1. The predicted molar refractivity (Wildman–Crippen MR) is 127 cm³/mol. The highest BCUT2D eigenvalue weighted by molar-refractivity contribution is 6.31. The van der Waals surface area contributed by atoms with Crippen molar-refractivity contribution in [2.75, 3.05) is 25.6 Å². The topological polar surface area (TPSA) is 137 Å². The van der Waals surface area contributed by atoms with Crippen LogP contribution in [0.25, 0.3) is 10.8 Å². The molecule has 35 heavy (non-hydrogen) atoms. The molecule has 12 heteroatoms. The second-order valence-electron chi connectivity index (χ2n) is 7.72. The van der Waals surface area contributed by atoms with Crippen LogP contribution in [-0.4, -0.2) is 69.6 Å². The molecule has 0 saturated heterocycles. The van der Waals surface area contributed by atoms with Crippen molar-refractivity contribution in [2.24, 2.45) is 0 Å². The van der Waals surface area contributed by atoms with Crippen molar-refractivity contribution < 1.29 is 28.9 Å². The highest BCUT2D eigenvalue weighted by atomic mass is 35.5. The summed E-state index contributed by atoms with van der Waals surface area (Å²) in [5, 5.41) is 25.8. The molecular formula is C23H25ClFN5O5. The highest BCUT2D eigenvalue weighted by Gasteiger charge is 2.25. The number of aliphatic hydroxyl groups is 2. The zero-order valence-corrected chi connectivity index (χ0v) is 19.6. The van der Waals surface area contributed by atoms with E-state index >= 15 is 0 Å². The number of hydrogen-bond donors (Lipinski definition) is 4. The Balaban J connectivity index is 1.59. The maximum atomic E-state index is 13.6. The van der Waals surface area contributed by atoms with E-state index in [1.54, 1.807) is 36.8 Å². The Morgan fingerprint density at radius 2 is 2.06 bits per heavy atom. The van der Waals surface area contributed by atoms with Gasteiger partial charge in [-0.2, -0.15) is 0 Å². The van der Waals surface area contributed by atoms with E-state index in [1.807, 2.05) is 0 Å². The zero-order valence-electron chi connectivity index (χ0n) is 18.8. The maximum absolute atomic E-state index is 13.6. The summed E-state index contributed by atoms with van der Waals surface area (Å²) < 4.78 is 18.9. The van der Waals surface area contributed by atoms with Gasteiger partial charge in [-0.15, -0.1) is 0 Å². The van der Waals surface area contributed by atoms with Gasteiger partial charge in [0.2, 0.25) is 0 Å². The smallest absolute Gasteiger partial charge is 0.412 e. The summed E-state index contributed by atoms with van der Waals surface area (Å²) in [6.45, 7) is -0.850. The summed E-state index contributed by atoms with van der Waals surface area (Å²) in [6, 6.07) is 6.33. The standard InChI is InChI=1S/C23H25ClFN5O5/c1-30(22(33)28-10-15-3-2-4-19(25)21(15)24)17(8-18(32)12-31)13-35-23(34)29-20-7-14-5-6-26-9-16(14)11-27-20/h2-7,9,11,17-18,31-32H,8,10,12-13H2,1H3,(H,28,33)(H,27,29,34)/t17-,18?/m0/s1. The molecule has 3 aromatic rings. The number of ether oxygens (including phenoxy) is 1. The van der Waals surface area contributed by atoms with Crippen LogP contribution in [0.5, 0.6) is 0 Å². The van der Waals surface area contributed by atoms with E-state index in [2.05, 4.69) is 20.6 Å². The van der Waals surface area contributed by atoms with Gasteiger partial charge in [-0.1, -0.05) is 23.7 Å². The van der Waals surface area contributed by atoms with Crippen LogP contribution in [0.2, 0.25) is 5.02 Å². The Morgan fingerprint density at radius 3 is 2.83 bits per heavy atom. The molecule has 0 fully saturated rings. The fourth-order valence-electron chi connectivity index (χ4n) is 3.23. The Hall–Kier alpha value is -3.54. The average Bonchev–Trinajstić information content (AvgIpc) is 2.86. The third-order valence-electron chi connectivity index (χ3n) is 5.24. The molecule has 3 amide bonds. The third-order valence-corrected chi connectivity index (χ3v) is 5.67. The number of nitrogens with zero attached hydrogens (tertiary/aromatic N) is 3. The first-order valence-electron chi connectivity index (χ1n) is 10.6. The molecule has 0 spiro atoms. The van der Waals surface area contributed by atoms with Gasteiger partial charge in [0.25, 0.3) is 0 Å². The van der Waals surface area contributed by atoms with E-state index in [4.69, 9.17) is 16.3 Å². The van der Waals surface area contributed by atoms with Gasteiger partial charge in [0.1, 0.15) is 18.2 Å². The van der Waals surface area contributed by atoms with E-state index < -0.39 is 36.7 Å². The number of anilines is 1. The van der Waals surface area contributed by atoms with Crippen molar-refractivity contribution in [3.63, 3.8) is 0 Å². The molecule has 2 aromatic heterocycles. The van der Waals surface area contributed by atoms with Crippen molar-refractivity contribution in [3.05, 3.63) is 65.3 Å². The van der Waals surface area contributed by atoms with E-state index in [1.165, 1.54) is 24.1 Å². The molecule has 3 rings (SSSR count). The lowest BCUT2D eigenvalue weighted by Gasteiger charge is -2.29. The van der Waals surface area contributed by atoms with Crippen LogP contribution in [0.3, 0.4) is 0 Å². The number of fused-ring (bicyclic) bond motifs is 1. The Morgan fingerprint density at radius 1 is 1.26 bits per heavy atom. The van der Waals surface area contributed by atoms with Crippen LogP contribution in [0.4, 0.5) is 19.8 Å². The van der Waals surface area contributed by atoms with E-state index in [9.17, 15) is 24.2 Å². The van der Waals surface area contributed by atoms with Gasteiger partial charge < -0.3 is 25.2 Å². The number of benzene rings is 1. The number of pyridine rings is 2. The zero-order chi connectivity index (χ0) is 25.4. The second kappa shape index (κ2) is 12.2. The van der Waals surface area contributed by atoms with Gasteiger partial charge in [-0.3, -0.25) is 10.3 Å². The number of halogens is 2. The fraction of sp³-hybridized carbons (Fsp3) is 0.304. The van der Waals surface area contributed by atoms with Crippen LogP contribution in [0.1, 0.15) is 12.0 Å². The molecule has 1 aromatic carbocycles. The van der Waals surface area contributed by atoms with Crippen molar-refractivity contribution in [1.82, 2.24) is 20.2 Å². The molecule has 0 radical (unpaired) electrons. The number of rotatable bonds is 9. The van der Waals surface area contributed by atoms with E-state index in [0.717, 1.165) is 10.8 Å². The Kier molecular flexibility index (Phi) is 9.12. The van der Waals surface area contributed by atoms with Gasteiger partial charge in [0.15, 0.2) is 0 Å². The molecule has 10 nitrogen and oxygen atoms in total. The minimum Gasteiger partial charge on any atom is -0.447 e. The summed E-state index contributed by atoms with van der Waals surface area (Å²) in [4.78, 5) is 34.3. The number of nitrogens with one attached hydrogen (secondary N) is 2. The largest absolute Gasteiger partial charge is 0.447 e. The number of hydrogen-bond acceptors (Lipinski definition) is 7. The van der Waals surface area contributed by atoms with Gasteiger partial charge in [0, 0.05) is 37.6 Å². The van der Waals surface area contributed by atoms with Crippen molar-refractivity contribution in [2.45, 2.75) is 25.1 Å². The molecule has 4 N–H and O–H groups in total. The van der Waals surface area contributed by atoms with Crippen LogP contribution in [-0.2, 0) is 11.3 Å². The average molecular weight is 506 g/mol. The monoisotopic (exact) mass is 505 g/mol. The quantitative estimate of drug-likeness (QED) is 0.351. The molecule has 2 heterocycles. The lowest BCUT2D eigenvalue weighted by molar-refractivity contribution is 0.0480. The minimum atomic E-state index is -1.14. The van der Waals surface area contributed by atoms with Gasteiger partial charge in [-0.05, 0) is 35.6 Å². The van der Waals surface area contributed by atoms with E-state index in [-0.39, 0.29) is 30.4 Å². The van der Waals surface area contributed by atoms with Crippen LogP contribution < -0.4 is 10.6 Å². The predicted octanol–water partition coefficient (Wildman–Crippen LogP) is 2.92. The summed E-state index contributed by atoms with van der Waals surface area (Å²) >= 11 is 5.92. The molecule has 0 saturated carbocycles. The minimum absolute atomic E-state index is 0.0421. The lowest BCUT2D eigenvalue weighted by Crippen LogP contribution is -2.47. The Bertz CT molecular complexity index is 1180. The number of carbonyl (C=O) groups is 2. The number of likely N-dealkylation sites (N-methyl/N-ethyl adjacent to an activating group) is 1. The van der Waals surface area contributed by atoms with Gasteiger partial charge >= 0.3 is 12.1 Å². The van der Waals surface area contributed by atoms with E-state index in [0.29, 0.717) is 5.56 Å². The first kappa shape index (κ1) is 26.1. The molecule has 186 valence electrons. The summed E-state index contributed by atoms with van der Waals surface area (Å²) in [6.07, 6.45) is 2.80. The number of carbonyl (C=O) groups excluding carboxylic acids is 2. The SMILES string of the molecule is CN(C(=O)NCc1cccc(F)c1Cl)[C@H](COC(=O)Nc1cc2ccncc2cn1)CC(O)CO. The molecule has 0 aliphatic heterocycles. The summed E-state index contributed by atoms with van der Waals surface area (Å²) in [5.74, 6) is -0.341. The molecular weight excluding hydrogens is 481 g/mol. The molecule has 2 atom stereocenters. The molecule has 1 unspecified atom stereocenters. The van der Waals surface area contributed by atoms with Crippen molar-refractivity contribution >= 4 is 40.3 Å². The fourth-order valence-corrected chi connectivity index (χ4v) is 3.43. The first-order chi connectivity index (χ1) is 16.8. The van der Waals surface area contributed by atoms with Crippen LogP contribution >= 0.6 is 11.6 Å². The third kappa shape index (κ3) is 7.22. The van der Waals surface area contributed by atoms with Crippen molar-refractivity contribution in [1.29, 1.82) is 0 Å². The number of aromatic nitrogens is 2. The van der Waals surface area contributed by atoms with Crippen LogP contribution in [0.15, 0.2) is 48.9 Å². The highest BCUT2D eigenvalue weighted by Crippen LogP contribution is 2.19. The molecule has 0 aliphatic carbocycles. The lowest BCUT2D eigenvalue weighted by atomic mass is 10.1. The van der Waals surface area contributed by atoms with Gasteiger partial charge in [-0.25, -0.2) is 19.0 Å². The molecule has 0 aliphatic rings. The molecule has 0 bridgehead atoms.